The molecule has 0 spiro atoms. The maximum absolute atomic E-state index is 12.4. The molecule has 0 amide bonds. The lowest BCUT2D eigenvalue weighted by Crippen LogP contribution is -2.38. The monoisotopic (exact) mass is 766 g/mol. The van der Waals surface area contributed by atoms with Gasteiger partial charge < -0.3 is 51.6 Å². The van der Waals surface area contributed by atoms with Gasteiger partial charge >= 0.3 is 14.6 Å². The van der Waals surface area contributed by atoms with Gasteiger partial charge in [0, 0.05) is 32.6 Å². The first-order chi connectivity index (χ1) is 26.7. The summed E-state index contributed by atoms with van der Waals surface area (Å²) in [5, 5.41) is 0. The average Bonchev–Trinajstić information content (AvgIpc) is 3.77. The summed E-state index contributed by atoms with van der Waals surface area (Å²) in [4.78, 5) is 27.2. The molecule has 2 fully saturated rings. The minimum atomic E-state index is -2.07. The number of esters is 1. The van der Waals surface area contributed by atoms with Gasteiger partial charge in [-0.15, -0.1) is 0 Å². The third kappa shape index (κ3) is 11.4. The van der Waals surface area contributed by atoms with E-state index in [1.165, 1.54) is 14.1 Å². The van der Waals surface area contributed by atoms with Gasteiger partial charge in [-0.3, -0.25) is 4.79 Å². The molecule has 0 aliphatic carbocycles. The third-order valence-electron chi connectivity index (χ3n) is 9.24. The van der Waals surface area contributed by atoms with Crippen molar-refractivity contribution in [2.45, 2.75) is 74.6 Å². The fourth-order valence-electron chi connectivity index (χ4n) is 6.44. The zero-order chi connectivity index (χ0) is 39.2. The van der Waals surface area contributed by atoms with Crippen LogP contribution >= 0.6 is 8.60 Å². The van der Waals surface area contributed by atoms with E-state index in [-0.39, 0.29) is 51.4 Å². The van der Waals surface area contributed by atoms with Crippen molar-refractivity contribution in [1.82, 2.24) is 0 Å². The number of nitrogens with zero attached hydrogens (tertiary/aromatic N) is 1. The molecule has 2 aliphatic heterocycles. The minimum Gasteiger partial charge on any atom is -0.497 e. The summed E-state index contributed by atoms with van der Waals surface area (Å²) in [6.07, 6.45) is -1.96. The Hall–Kier alpha value is -3.73. The van der Waals surface area contributed by atoms with E-state index >= 15 is 0 Å². The van der Waals surface area contributed by atoms with Gasteiger partial charge in [0.15, 0.2) is 0 Å². The molecule has 5 radical (unpaired) electrons. The van der Waals surface area contributed by atoms with Crippen molar-refractivity contribution in [2.24, 2.45) is 0 Å². The molecular weight excluding hydrogens is 722 g/mol. The van der Waals surface area contributed by atoms with E-state index in [0.717, 1.165) is 16.7 Å². The fourth-order valence-corrected chi connectivity index (χ4v) is 7.58. The van der Waals surface area contributed by atoms with Gasteiger partial charge in [-0.25, -0.2) is 6.57 Å². The van der Waals surface area contributed by atoms with Crippen LogP contribution in [0, 0.1) is 6.57 Å². The van der Waals surface area contributed by atoms with E-state index in [9.17, 15) is 9.59 Å². The minimum absolute atomic E-state index is 0.0445. The first-order valence-electron chi connectivity index (χ1n) is 18.0. The molecule has 7 atom stereocenters. The van der Waals surface area contributed by atoms with E-state index in [4.69, 9.17) is 64.1 Å². The molecule has 0 saturated carbocycles. The van der Waals surface area contributed by atoms with Crippen LogP contribution in [0.1, 0.15) is 49.3 Å². The summed E-state index contributed by atoms with van der Waals surface area (Å²) in [6.45, 7) is 8.78. The lowest BCUT2D eigenvalue weighted by molar-refractivity contribution is -0.153. The smallest absolute Gasteiger partial charge is 0.333 e. The molecule has 2 saturated heterocycles. The maximum atomic E-state index is 12.4. The van der Waals surface area contributed by atoms with E-state index in [2.05, 4.69) is 4.85 Å². The highest BCUT2D eigenvalue weighted by molar-refractivity contribution is 7.41. The molecule has 12 nitrogen and oxygen atoms in total. The summed E-state index contributed by atoms with van der Waals surface area (Å²) in [7, 11) is 14.7. The Morgan fingerprint density at radius 3 is 2.05 bits per heavy atom. The maximum Gasteiger partial charge on any atom is 0.333 e. The average molecular weight is 766 g/mol. The lowest BCUT2D eigenvalue weighted by Gasteiger charge is -2.37. The van der Waals surface area contributed by atoms with Crippen molar-refractivity contribution in [3.8, 4) is 11.5 Å². The van der Waals surface area contributed by atoms with Crippen molar-refractivity contribution in [3.63, 3.8) is 0 Å². The number of ketones is 1. The van der Waals surface area contributed by atoms with Crippen LogP contribution in [-0.2, 0) is 47.7 Å². The van der Waals surface area contributed by atoms with Crippen molar-refractivity contribution >= 4 is 43.1 Å². The van der Waals surface area contributed by atoms with Gasteiger partial charge in [0.2, 0.25) is 6.54 Å². The molecule has 1 unspecified atom stereocenters. The van der Waals surface area contributed by atoms with Crippen molar-refractivity contribution in [3.05, 3.63) is 107 Å². The standard InChI is InChI=1S/C39H44B3NO11P/c1-26(44)10-19-38(45)53-32-22-36(40)51-35(32)25-50-55(49-21-20-43-2)54-33-23-37(42-41)52-34(33)24-48-39(27-8-6-5-7-9-27,28-11-15-30(46-3)16-12-28)29-13-17-31(47-4)18-14-29/h5-9,11-18,32-37H,10,19-25H2,1,3-4H3/t32-,33-,34-,35-,36-,37-,55?/m1/s1. The van der Waals surface area contributed by atoms with E-state index < -0.39 is 56.6 Å². The van der Waals surface area contributed by atoms with Crippen LogP contribution in [0.15, 0.2) is 78.9 Å². The Balaban J connectivity index is 1.38. The zero-order valence-corrected chi connectivity index (χ0v) is 32.1. The summed E-state index contributed by atoms with van der Waals surface area (Å²) in [6, 6.07) is 24.2. The van der Waals surface area contributed by atoms with Gasteiger partial charge in [-0.05, 0) is 54.3 Å². The molecule has 285 valence electrons. The summed E-state index contributed by atoms with van der Waals surface area (Å²) >= 11 is 0. The molecule has 2 heterocycles. The second kappa shape index (κ2) is 21.0. The number of hydrogen-bond donors (Lipinski definition) is 0. The predicted octanol–water partition coefficient (Wildman–Crippen LogP) is 5.04. The summed E-state index contributed by atoms with van der Waals surface area (Å²) < 4.78 is 54.4. The van der Waals surface area contributed by atoms with Crippen LogP contribution in [0.25, 0.3) is 4.85 Å². The van der Waals surface area contributed by atoms with Crippen LogP contribution in [0.4, 0.5) is 0 Å². The van der Waals surface area contributed by atoms with Gasteiger partial charge in [-0.2, -0.15) is 0 Å². The number of hydrogen-bond acceptors (Lipinski definition) is 11. The molecule has 16 heteroatoms. The molecule has 2 aliphatic rings. The Bertz CT molecular complexity index is 1650. The first-order valence-corrected chi connectivity index (χ1v) is 19.1. The molecule has 5 rings (SSSR count). The van der Waals surface area contributed by atoms with Crippen LogP contribution in [0.3, 0.4) is 0 Å². The van der Waals surface area contributed by atoms with Crippen molar-refractivity contribution in [1.29, 1.82) is 0 Å². The number of methoxy groups -OCH3 is 2. The highest BCUT2D eigenvalue weighted by atomic mass is 31.2. The summed E-state index contributed by atoms with van der Waals surface area (Å²) in [5.41, 5.74) is 1.46. The molecule has 0 bridgehead atoms. The lowest BCUT2D eigenvalue weighted by atomic mass is 9.51. The van der Waals surface area contributed by atoms with E-state index in [1.807, 2.05) is 78.9 Å². The second-order valence-electron chi connectivity index (χ2n) is 13.0. The first kappa shape index (κ1) is 42.4. The molecule has 3 aromatic carbocycles. The number of benzene rings is 3. The van der Waals surface area contributed by atoms with Crippen LogP contribution in [0.2, 0.25) is 0 Å². The summed E-state index contributed by atoms with van der Waals surface area (Å²) in [5.74, 6) is 0.754. The van der Waals surface area contributed by atoms with Crippen LogP contribution in [-0.4, -0.2) is 112 Å². The number of Topliss-reactive ketones (excluding diaryl/α,β-unsaturated/α-hetero) is 1. The second-order valence-corrected chi connectivity index (χ2v) is 14.2. The van der Waals surface area contributed by atoms with E-state index in [1.54, 1.807) is 14.2 Å². The third-order valence-corrected chi connectivity index (χ3v) is 10.4. The predicted molar refractivity (Wildman–Crippen MR) is 207 cm³/mol. The van der Waals surface area contributed by atoms with Crippen molar-refractivity contribution < 1.29 is 51.6 Å². The van der Waals surface area contributed by atoms with E-state index in [0.29, 0.717) is 17.9 Å². The largest absolute Gasteiger partial charge is 0.497 e. The Kier molecular flexibility index (Phi) is 16.2. The molecular formula is C39H44B3NO11P. The highest BCUT2D eigenvalue weighted by Gasteiger charge is 2.44. The van der Waals surface area contributed by atoms with Gasteiger partial charge in [-0.1, -0.05) is 54.6 Å². The zero-order valence-electron chi connectivity index (χ0n) is 31.2. The Morgan fingerprint density at radius 2 is 1.47 bits per heavy atom. The Morgan fingerprint density at radius 1 is 0.855 bits per heavy atom. The number of ether oxygens (including phenoxy) is 6. The quantitative estimate of drug-likeness (QED) is 0.0362. The molecule has 0 N–H and O–H groups in total. The number of rotatable bonds is 21. The SMILES string of the molecule is [B][B][C@H]1C[C@@H](OP(OCC[N+]#[C-])OC[C@H]2O[C@@H]([B])C[C@H]2OC(=O)CCC(C)=O)[C@@H](COC(c2ccccc2)(c2ccc(OC)cc2)c2ccc(OC)cc2)O1. The Labute approximate surface area is 327 Å². The fraction of sp³-hybridized carbons (Fsp3) is 0.462. The normalized spacial score (nSPS) is 22.7. The molecule has 0 aromatic heterocycles. The molecule has 55 heavy (non-hydrogen) atoms. The van der Waals surface area contributed by atoms with Gasteiger partial charge in [0.25, 0.3) is 0 Å². The van der Waals surface area contributed by atoms with Gasteiger partial charge in [0.05, 0.1) is 47.1 Å². The molecule has 3 aromatic rings. The van der Waals surface area contributed by atoms with Gasteiger partial charge in [0.1, 0.15) is 55.6 Å². The highest BCUT2D eigenvalue weighted by Crippen LogP contribution is 2.46. The topological polar surface area (TPSA) is 122 Å². The van der Waals surface area contributed by atoms with Crippen LogP contribution < -0.4 is 9.47 Å². The number of carbonyl (C=O) groups is 2. The number of carbonyl (C=O) groups excluding carboxylic acids is 2. The van der Waals surface area contributed by atoms with Crippen LogP contribution in [0.5, 0.6) is 11.5 Å². The van der Waals surface area contributed by atoms with Crippen molar-refractivity contribution in [2.75, 3.05) is 40.6 Å².